The number of urea groups is 1. The van der Waals surface area contributed by atoms with Crippen molar-refractivity contribution < 1.29 is 4.79 Å². The van der Waals surface area contributed by atoms with E-state index in [1.54, 1.807) is 5.01 Å². The highest BCUT2D eigenvalue weighted by atomic mass is 35.5. The fourth-order valence-electron chi connectivity index (χ4n) is 4.02. The Hall–Kier alpha value is -2.37. The third-order valence-corrected chi connectivity index (χ3v) is 5.75. The number of hydrazine groups is 1. The summed E-state index contributed by atoms with van der Waals surface area (Å²) in [4.78, 5) is 13.0. The number of nitrogens with zero attached hydrogens (tertiary/aromatic N) is 3. The molecule has 0 aliphatic carbocycles. The Bertz CT molecular complexity index is 847. The Labute approximate surface area is 170 Å². The molecule has 0 spiro atoms. The lowest BCUT2D eigenvalue weighted by atomic mass is 9.86. The summed E-state index contributed by atoms with van der Waals surface area (Å²) in [5.74, 6) is 0.00878. The number of nitrogens with one attached hydrogen (secondary N) is 1. The number of amides is 2. The zero-order chi connectivity index (χ0) is 19.5. The summed E-state index contributed by atoms with van der Waals surface area (Å²) < 4.78 is 0. The summed E-state index contributed by atoms with van der Waals surface area (Å²) in [6.07, 6.45) is 3.45. The molecule has 1 N–H and O–H groups in total. The Kier molecular flexibility index (Phi) is 5.64. The van der Waals surface area contributed by atoms with Crippen molar-refractivity contribution >= 4 is 23.3 Å². The lowest BCUT2D eigenvalue weighted by molar-refractivity contribution is 0.124. The van der Waals surface area contributed by atoms with Crippen LogP contribution in [0.25, 0.3) is 0 Å². The Morgan fingerprint density at radius 2 is 1.71 bits per heavy atom. The van der Waals surface area contributed by atoms with E-state index in [0.29, 0.717) is 5.02 Å². The predicted octanol–water partition coefficient (Wildman–Crippen LogP) is 4.64. The van der Waals surface area contributed by atoms with Crippen LogP contribution in [-0.2, 0) is 0 Å². The highest BCUT2D eigenvalue weighted by molar-refractivity contribution is 6.30. The molecule has 0 unspecified atom stereocenters. The van der Waals surface area contributed by atoms with Gasteiger partial charge in [-0.25, -0.2) is 14.8 Å². The van der Waals surface area contributed by atoms with Gasteiger partial charge in [0.05, 0.1) is 17.7 Å². The van der Waals surface area contributed by atoms with Gasteiger partial charge in [0.25, 0.3) is 0 Å². The Balaban J connectivity index is 1.63. The molecule has 28 heavy (non-hydrogen) atoms. The lowest BCUT2D eigenvalue weighted by Crippen LogP contribution is -2.50. The van der Waals surface area contributed by atoms with E-state index >= 15 is 0 Å². The van der Waals surface area contributed by atoms with Gasteiger partial charge in [0.2, 0.25) is 0 Å². The first-order valence-corrected chi connectivity index (χ1v) is 10.3. The van der Waals surface area contributed by atoms with Gasteiger partial charge in [-0.2, -0.15) is 5.10 Å². The Morgan fingerprint density at radius 3 is 2.39 bits per heavy atom. The number of carbonyl (C=O) groups excluding carboxylic acids is 1. The Morgan fingerprint density at radius 1 is 1.04 bits per heavy atom. The highest BCUT2D eigenvalue weighted by Crippen LogP contribution is 2.34. The number of benzene rings is 2. The van der Waals surface area contributed by atoms with Crippen LogP contribution < -0.4 is 5.43 Å². The second-order valence-corrected chi connectivity index (χ2v) is 7.87. The van der Waals surface area contributed by atoms with Crippen LogP contribution in [0.4, 0.5) is 4.79 Å². The molecule has 0 aromatic heterocycles. The first-order chi connectivity index (χ1) is 13.6. The molecule has 2 heterocycles. The van der Waals surface area contributed by atoms with Crippen LogP contribution in [0.3, 0.4) is 0 Å². The van der Waals surface area contributed by atoms with Gasteiger partial charge in [-0.1, -0.05) is 60.5 Å². The topological polar surface area (TPSA) is 47.9 Å². The van der Waals surface area contributed by atoms with Gasteiger partial charge in [0, 0.05) is 18.1 Å². The van der Waals surface area contributed by atoms with E-state index in [1.165, 1.54) is 6.42 Å². The zero-order valence-electron chi connectivity index (χ0n) is 16.0. The van der Waals surface area contributed by atoms with Gasteiger partial charge >= 0.3 is 6.03 Å². The van der Waals surface area contributed by atoms with E-state index in [4.69, 9.17) is 16.7 Å². The quantitative estimate of drug-likeness (QED) is 0.821. The molecule has 2 amide bonds. The number of hydrogen-bond acceptors (Lipinski definition) is 3. The number of hydrogen-bond donors (Lipinski definition) is 1. The zero-order valence-corrected chi connectivity index (χ0v) is 16.8. The minimum Gasteiger partial charge on any atom is -0.269 e. The van der Waals surface area contributed by atoms with Crippen molar-refractivity contribution in [2.75, 3.05) is 13.1 Å². The predicted molar refractivity (Wildman–Crippen MR) is 112 cm³/mol. The molecule has 0 radical (unpaired) electrons. The van der Waals surface area contributed by atoms with Crippen molar-refractivity contribution in [1.82, 2.24) is 15.4 Å². The molecular weight excluding hydrogens is 372 g/mol. The van der Waals surface area contributed by atoms with Gasteiger partial charge in [0.15, 0.2) is 0 Å². The first kappa shape index (κ1) is 19.0. The summed E-state index contributed by atoms with van der Waals surface area (Å²) in [5, 5.41) is 9.05. The number of halogens is 1. The van der Waals surface area contributed by atoms with Gasteiger partial charge in [0.1, 0.15) is 0 Å². The molecule has 6 heteroatoms. The van der Waals surface area contributed by atoms with E-state index in [1.807, 2.05) is 47.5 Å². The molecule has 2 atom stereocenters. The van der Waals surface area contributed by atoms with Gasteiger partial charge in [-0.3, -0.25) is 5.43 Å². The van der Waals surface area contributed by atoms with E-state index < -0.39 is 0 Å². The molecule has 4 rings (SSSR count). The molecular formula is C22H25ClN4O. The van der Waals surface area contributed by atoms with Crippen LogP contribution in [0.15, 0.2) is 59.7 Å². The molecule has 0 bridgehead atoms. The molecule has 5 nitrogen and oxygen atoms in total. The van der Waals surface area contributed by atoms with Crippen molar-refractivity contribution in [3.63, 3.8) is 0 Å². The molecule has 1 fully saturated rings. The van der Waals surface area contributed by atoms with Crippen molar-refractivity contribution in [3.8, 4) is 0 Å². The second-order valence-electron chi connectivity index (χ2n) is 7.43. The molecule has 146 valence electrons. The van der Waals surface area contributed by atoms with Crippen molar-refractivity contribution in [2.45, 2.75) is 38.1 Å². The van der Waals surface area contributed by atoms with Crippen LogP contribution in [0, 0.1) is 0 Å². The maximum atomic E-state index is 13.0. The summed E-state index contributed by atoms with van der Waals surface area (Å²) in [6.45, 7) is 3.84. The van der Waals surface area contributed by atoms with Crippen molar-refractivity contribution in [3.05, 3.63) is 70.7 Å². The average molecular weight is 397 g/mol. The van der Waals surface area contributed by atoms with Gasteiger partial charge in [-0.15, -0.1) is 0 Å². The summed E-state index contributed by atoms with van der Waals surface area (Å²) in [5.41, 5.74) is 6.06. The molecule has 2 aromatic carbocycles. The maximum absolute atomic E-state index is 13.0. The fraction of sp³-hybridized carbons (Fsp3) is 0.364. The normalized spacial score (nSPS) is 22.8. The third-order valence-electron chi connectivity index (χ3n) is 5.49. The summed E-state index contributed by atoms with van der Waals surface area (Å²) in [6, 6.07) is 17.7. The number of rotatable bonds is 3. The first-order valence-electron chi connectivity index (χ1n) is 9.87. The smallest absolute Gasteiger partial charge is 0.269 e. The molecule has 2 aromatic rings. The minimum absolute atomic E-state index is 0.00878. The van der Waals surface area contributed by atoms with E-state index in [9.17, 15) is 4.79 Å². The third kappa shape index (κ3) is 3.91. The molecule has 2 aliphatic heterocycles. The molecule has 0 saturated carbocycles. The average Bonchev–Trinajstić information content (AvgIpc) is 3.07. The van der Waals surface area contributed by atoms with Crippen LogP contribution in [0.5, 0.6) is 0 Å². The van der Waals surface area contributed by atoms with E-state index in [-0.39, 0.29) is 18.0 Å². The lowest BCUT2D eigenvalue weighted by Gasteiger charge is -2.30. The fourth-order valence-corrected chi connectivity index (χ4v) is 4.14. The van der Waals surface area contributed by atoms with Gasteiger partial charge < -0.3 is 0 Å². The van der Waals surface area contributed by atoms with Crippen LogP contribution >= 0.6 is 11.6 Å². The van der Waals surface area contributed by atoms with Crippen molar-refractivity contribution in [1.29, 1.82) is 0 Å². The minimum atomic E-state index is -0.167. The molecule has 1 saturated heterocycles. The standard InChI is InChI=1S/C22H25ClN4O/c1-16-20(17-8-4-2-5-9-17)21(18-10-12-19(23)13-11-18)24-27(16)22(28)25-26-14-6-3-7-15-26/h2,4-5,8-13,16,20H,3,6-7,14-15H2,1H3,(H,25,28)/t16-,20-/m1/s1. The van der Waals surface area contributed by atoms with E-state index in [2.05, 4.69) is 24.5 Å². The monoisotopic (exact) mass is 396 g/mol. The maximum Gasteiger partial charge on any atom is 0.352 e. The summed E-state index contributed by atoms with van der Waals surface area (Å²) >= 11 is 6.07. The summed E-state index contributed by atoms with van der Waals surface area (Å²) in [7, 11) is 0. The SMILES string of the molecule is C[C@@H]1[C@H](c2ccccc2)C(c2ccc(Cl)cc2)=NN1C(=O)NN1CCCCC1. The van der Waals surface area contributed by atoms with Crippen LogP contribution in [-0.4, -0.2) is 40.9 Å². The van der Waals surface area contributed by atoms with Crippen LogP contribution in [0.1, 0.15) is 43.2 Å². The van der Waals surface area contributed by atoms with E-state index in [0.717, 1.165) is 42.8 Å². The number of carbonyl (C=O) groups is 1. The molecule has 2 aliphatic rings. The second kappa shape index (κ2) is 8.33. The number of piperidine rings is 1. The van der Waals surface area contributed by atoms with Crippen LogP contribution in [0.2, 0.25) is 5.02 Å². The highest BCUT2D eigenvalue weighted by Gasteiger charge is 2.39. The van der Waals surface area contributed by atoms with Crippen molar-refractivity contribution in [2.24, 2.45) is 5.10 Å². The number of hydrazone groups is 1. The largest absolute Gasteiger partial charge is 0.352 e. The van der Waals surface area contributed by atoms with Gasteiger partial charge in [-0.05, 0) is 43.0 Å².